The van der Waals surface area contributed by atoms with E-state index in [1.807, 2.05) is 13.8 Å². The van der Waals surface area contributed by atoms with Gasteiger partial charge in [0, 0.05) is 4.88 Å². The molecule has 0 fully saturated rings. The summed E-state index contributed by atoms with van der Waals surface area (Å²) in [5, 5.41) is 5.24. The summed E-state index contributed by atoms with van der Waals surface area (Å²) in [6.45, 7) is 8.24. The Bertz CT molecular complexity index is 562. The average Bonchev–Trinajstić information content (AvgIpc) is 2.75. The van der Waals surface area contributed by atoms with Gasteiger partial charge in [0.1, 0.15) is 0 Å². The van der Waals surface area contributed by atoms with Crippen molar-refractivity contribution in [2.45, 2.75) is 34.1 Å². The molecular weight excluding hydrogens is 254 g/mol. The molecule has 2 rings (SSSR count). The van der Waals surface area contributed by atoms with Gasteiger partial charge in [0.25, 0.3) is 0 Å². The van der Waals surface area contributed by atoms with Crippen molar-refractivity contribution in [3.05, 3.63) is 46.0 Å². The molecule has 0 aliphatic carbocycles. The summed E-state index contributed by atoms with van der Waals surface area (Å²) in [5.41, 5.74) is 7.53. The van der Waals surface area contributed by atoms with E-state index in [0.29, 0.717) is 0 Å². The summed E-state index contributed by atoms with van der Waals surface area (Å²) in [5.74, 6) is 0. The van der Waals surface area contributed by atoms with Crippen LogP contribution in [0, 0.1) is 13.8 Å². The molecule has 1 aromatic heterocycles. The van der Waals surface area contributed by atoms with Crippen LogP contribution in [0.25, 0.3) is 0 Å². The van der Waals surface area contributed by atoms with Crippen LogP contribution in [0.4, 0.5) is 5.13 Å². The number of rotatable bonds is 4. The molecule has 0 bridgehead atoms. The number of thiazole rings is 1. The quantitative estimate of drug-likeness (QED) is 0.671. The van der Waals surface area contributed by atoms with Crippen LogP contribution in [0.2, 0.25) is 0 Å². The van der Waals surface area contributed by atoms with E-state index < -0.39 is 0 Å². The molecule has 100 valence electrons. The van der Waals surface area contributed by atoms with Gasteiger partial charge in [-0.15, -0.1) is 11.3 Å². The van der Waals surface area contributed by atoms with Crippen LogP contribution in [-0.4, -0.2) is 10.7 Å². The Labute approximate surface area is 118 Å². The Morgan fingerprint density at radius 1 is 1.26 bits per heavy atom. The minimum absolute atomic E-state index is 0.847. The second-order valence-corrected chi connectivity index (χ2v) is 5.72. The summed E-state index contributed by atoms with van der Waals surface area (Å²) >= 11 is 1.63. The van der Waals surface area contributed by atoms with Crippen LogP contribution in [0.1, 0.15) is 35.5 Å². The van der Waals surface area contributed by atoms with E-state index in [-0.39, 0.29) is 0 Å². The summed E-state index contributed by atoms with van der Waals surface area (Å²) < 4.78 is 0. The largest absolute Gasteiger partial charge is 0.252 e. The van der Waals surface area contributed by atoms with E-state index in [1.165, 1.54) is 10.4 Å². The number of hydrogen-bond donors (Lipinski definition) is 1. The van der Waals surface area contributed by atoms with E-state index in [1.54, 1.807) is 11.3 Å². The molecule has 4 heteroatoms. The molecule has 0 aliphatic rings. The average molecular weight is 273 g/mol. The fraction of sp³-hybridized carbons (Fsp3) is 0.333. The molecule has 2 aromatic rings. The fourth-order valence-corrected chi connectivity index (χ4v) is 2.46. The van der Waals surface area contributed by atoms with Gasteiger partial charge in [-0.05, 0) is 38.3 Å². The monoisotopic (exact) mass is 273 g/mol. The van der Waals surface area contributed by atoms with Crippen LogP contribution in [0.3, 0.4) is 0 Å². The molecular formula is C15H19N3S. The maximum absolute atomic E-state index is 4.40. The Hall–Kier alpha value is -1.68. The zero-order valence-corrected chi connectivity index (χ0v) is 12.6. The molecule has 0 aliphatic heterocycles. The predicted octanol–water partition coefficient (Wildman–Crippen LogP) is 4.16. The van der Waals surface area contributed by atoms with Crippen molar-refractivity contribution in [3.8, 4) is 0 Å². The van der Waals surface area contributed by atoms with Crippen LogP contribution in [0.5, 0.6) is 0 Å². The molecule has 0 saturated heterocycles. The summed E-state index contributed by atoms with van der Waals surface area (Å²) in [6, 6.07) is 8.51. The van der Waals surface area contributed by atoms with Crippen LogP contribution in [-0.2, 0) is 6.42 Å². The second-order valence-electron chi connectivity index (χ2n) is 4.52. The number of nitrogens with one attached hydrogen (secondary N) is 1. The SMILES string of the molecule is CCc1ccc(/C(C)=N/Nc2nc(C)c(C)s2)cc1. The van der Waals surface area contributed by atoms with Gasteiger partial charge in [-0.3, -0.25) is 5.43 Å². The highest BCUT2D eigenvalue weighted by molar-refractivity contribution is 7.15. The van der Waals surface area contributed by atoms with Crippen LogP contribution >= 0.6 is 11.3 Å². The summed E-state index contributed by atoms with van der Waals surface area (Å²) in [4.78, 5) is 5.63. The first-order valence-electron chi connectivity index (χ1n) is 6.43. The van der Waals surface area contributed by atoms with Gasteiger partial charge in [-0.2, -0.15) is 5.10 Å². The van der Waals surface area contributed by atoms with Gasteiger partial charge in [0.2, 0.25) is 5.13 Å². The number of aryl methyl sites for hydroxylation is 3. The van der Waals surface area contributed by atoms with Gasteiger partial charge >= 0.3 is 0 Å². The van der Waals surface area contributed by atoms with Gasteiger partial charge in [0.05, 0.1) is 11.4 Å². The van der Waals surface area contributed by atoms with Crippen molar-refractivity contribution >= 4 is 22.2 Å². The van der Waals surface area contributed by atoms with Crippen LogP contribution in [0.15, 0.2) is 29.4 Å². The van der Waals surface area contributed by atoms with E-state index >= 15 is 0 Å². The molecule has 3 nitrogen and oxygen atoms in total. The van der Waals surface area contributed by atoms with Gasteiger partial charge in [-0.1, -0.05) is 31.2 Å². The first kappa shape index (κ1) is 13.7. The Morgan fingerprint density at radius 3 is 2.47 bits per heavy atom. The maximum Gasteiger partial charge on any atom is 0.203 e. The first-order valence-corrected chi connectivity index (χ1v) is 7.25. The zero-order valence-electron chi connectivity index (χ0n) is 11.8. The lowest BCUT2D eigenvalue weighted by atomic mass is 10.1. The minimum Gasteiger partial charge on any atom is -0.252 e. The molecule has 0 unspecified atom stereocenters. The van der Waals surface area contributed by atoms with E-state index in [4.69, 9.17) is 0 Å². The molecule has 0 atom stereocenters. The third kappa shape index (κ3) is 3.41. The van der Waals surface area contributed by atoms with Crippen molar-refractivity contribution in [3.63, 3.8) is 0 Å². The summed E-state index contributed by atoms with van der Waals surface area (Å²) in [6.07, 6.45) is 1.06. The number of aromatic nitrogens is 1. The fourth-order valence-electron chi connectivity index (χ4n) is 1.70. The second kappa shape index (κ2) is 5.97. The number of hydrazone groups is 1. The predicted molar refractivity (Wildman–Crippen MR) is 83.2 cm³/mol. The molecule has 1 N–H and O–H groups in total. The van der Waals surface area contributed by atoms with E-state index in [9.17, 15) is 0 Å². The topological polar surface area (TPSA) is 37.3 Å². The Morgan fingerprint density at radius 2 is 1.95 bits per heavy atom. The lowest BCUT2D eigenvalue weighted by molar-refractivity contribution is 1.14. The lowest BCUT2D eigenvalue weighted by Gasteiger charge is -2.02. The van der Waals surface area contributed by atoms with Crippen molar-refractivity contribution < 1.29 is 0 Å². The van der Waals surface area contributed by atoms with Crippen molar-refractivity contribution in [2.24, 2.45) is 5.10 Å². The number of nitrogens with zero attached hydrogens (tertiary/aromatic N) is 2. The minimum atomic E-state index is 0.847. The van der Waals surface area contributed by atoms with E-state index in [0.717, 1.165) is 28.5 Å². The number of anilines is 1. The molecule has 1 aromatic carbocycles. The van der Waals surface area contributed by atoms with Gasteiger partial charge in [0.15, 0.2) is 0 Å². The highest BCUT2D eigenvalue weighted by atomic mass is 32.1. The third-order valence-electron chi connectivity index (χ3n) is 3.13. The number of benzene rings is 1. The van der Waals surface area contributed by atoms with Gasteiger partial charge < -0.3 is 0 Å². The Kier molecular flexibility index (Phi) is 4.32. The van der Waals surface area contributed by atoms with Crippen molar-refractivity contribution in [2.75, 3.05) is 5.43 Å². The smallest absolute Gasteiger partial charge is 0.203 e. The highest BCUT2D eigenvalue weighted by Gasteiger charge is 2.02. The molecule has 1 heterocycles. The van der Waals surface area contributed by atoms with Crippen molar-refractivity contribution in [1.29, 1.82) is 0 Å². The molecule has 0 saturated carbocycles. The first-order chi connectivity index (χ1) is 9.10. The zero-order chi connectivity index (χ0) is 13.8. The highest BCUT2D eigenvalue weighted by Crippen LogP contribution is 2.21. The molecule has 0 radical (unpaired) electrons. The normalized spacial score (nSPS) is 11.7. The number of hydrogen-bond acceptors (Lipinski definition) is 4. The molecule has 19 heavy (non-hydrogen) atoms. The Balaban J connectivity index is 2.09. The molecule has 0 spiro atoms. The summed E-state index contributed by atoms with van der Waals surface area (Å²) in [7, 11) is 0. The lowest BCUT2D eigenvalue weighted by Crippen LogP contribution is -1.99. The molecule has 0 amide bonds. The third-order valence-corrected chi connectivity index (χ3v) is 4.11. The maximum atomic E-state index is 4.40. The van der Waals surface area contributed by atoms with Gasteiger partial charge in [-0.25, -0.2) is 4.98 Å². The van der Waals surface area contributed by atoms with Crippen LogP contribution < -0.4 is 5.43 Å². The van der Waals surface area contributed by atoms with E-state index in [2.05, 4.69) is 53.6 Å². The standard InChI is InChI=1S/C15H19N3S/c1-5-13-6-8-14(9-7-13)11(3)17-18-15-16-10(2)12(4)19-15/h6-9H,5H2,1-4H3,(H,16,18)/b17-11+. The van der Waals surface area contributed by atoms with Crippen molar-refractivity contribution in [1.82, 2.24) is 4.98 Å².